The predicted octanol–water partition coefficient (Wildman–Crippen LogP) is 15.5. The molecular weight excluding hydrogens is 679 g/mol. The van der Waals surface area contributed by atoms with Gasteiger partial charge in [-0.15, -0.1) is 0 Å². The predicted molar refractivity (Wildman–Crippen MR) is 237 cm³/mol. The smallest absolute Gasteiger partial charge is 0.143 e. The molecule has 0 aliphatic rings. The lowest BCUT2D eigenvalue weighted by Crippen LogP contribution is -2.09. The zero-order valence-corrected chi connectivity index (χ0v) is 30.6. The second kappa shape index (κ2) is 13.2. The third-order valence-corrected chi connectivity index (χ3v) is 11.2. The first kappa shape index (κ1) is 32.0. The van der Waals surface area contributed by atoms with E-state index in [2.05, 4.69) is 217 Å². The molecule has 0 amide bonds. The number of anilines is 3. The fraction of sp³-hybridized carbons (Fsp3) is 0. The number of hydrogen-bond acceptors (Lipinski definition) is 2. The second-order valence-electron chi connectivity index (χ2n) is 14.5. The molecule has 0 bridgehead atoms. The fourth-order valence-corrected chi connectivity index (χ4v) is 8.66. The molecule has 11 rings (SSSR count). The summed E-state index contributed by atoms with van der Waals surface area (Å²) in [6.45, 7) is 0. The summed E-state index contributed by atoms with van der Waals surface area (Å²) >= 11 is 0. The molecule has 0 saturated heterocycles. The van der Waals surface area contributed by atoms with Crippen LogP contribution in [0.2, 0.25) is 0 Å². The summed E-state index contributed by atoms with van der Waals surface area (Å²) in [5.74, 6) is 0. The summed E-state index contributed by atoms with van der Waals surface area (Å²) in [6, 6.07) is 76.4. The SMILES string of the molecule is c1ccc(-c2c(-c3ccccc3)c3cc(-c4cccc(N(c5ccccc5)c5ccc6c(c5)oc5c7ccccc7ccc65)c4)ccc3c3ccccc23)cc1. The summed E-state index contributed by atoms with van der Waals surface area (Å²) in [5.41, 5.74) is 12.2. The van der Waals surface area contributed by atoms with Crippen LogP contribution in [-0.2, 0) is 0 Å². The Hall–Kier alpha value is -7.42. The van der Waals surface area contributed by atoms with Crippen LogP contribution in [0.4, 0.5) is 17.1 Å². The van der Waals surface area contributed by atoms with Gasteiger partial charge in [0.15, 0.2) is 0 Å². The monoisotopic (exact) mass is 713 g/mol. The molecule has 1 aromatic heterocycles. The Morgan fingerprint density at radius 2 is 0.821 bits per heavy atom. The van der Waals surface area contributed by atoms with Crippen LogP contribution in [0, 0.1) is 0 Å². The zero-order valence-electron chi connectivity index (χ0n) is 30.6. The third kappa shape index (κ3) is 5.26. The minimum Gasteiger partial charge on any atom is -0.455 e. The lowest BCUT2D eigenvalue weighted by Gasteiger charge is -2.26. The van der Waals surface area contributed by atoms with Crippen molar-refractivity contribution in [3.63, 3.8) is 0 Å². The number of para-hydroxylation sites is 1. The molecule has 0 radical (unpaired) electrons. The van der Waals surface area contributed by atoms with Gasteiger partial charge < -0.3 is 9.32 Å². The summed E-state index contributed by atoms with van der Waals surface area (Å²) < 4.78 is 6.66. The van der Waals surface area contributed by atoms with Gasteiger partial charge in [-0.05, 0) is 109 Å². The molecule has 2 nitrogen and oxygen atoms in total. The molecule has 0 unspecified atom stereocenters. The Balaban J connectivity index is 1.10. The molecular formula is C54H35NO. The van der Waals surface area contributed by atoms with Crippen molar-refractivity contribution >= 4 is 71.3 Å². The summed E-state index contributed by atoms with van der Waals surface area (Å²) in [4.78, 5) is 2.33. The lowest BCUT2D eigenvalue weighted by molar-refractivity contribution is 0.672. The highest BCUT2D eigenvalue weighted by atomic mass is 16.3. The summed E-state index contributed by atoms with van der Waals surface area (Å²) in [6.07, 6.45) is 0. The van der Waals surface area contributed by atoms with Gasteiger partial charge in [-0.2, -0.15) is 0 Å². The molecule has 0 atom stereocenters. The van der Waals surface area contributed by atoms with E-state index in [1.165, 1.54) is 54.7 Å². The van der Waals surface area contributed by atoms with Crippen LogP contribution in [0.15, 0.2) is 217 Å². The van der Waals surface area contributed by atoms with E-state index < -0.39 is 0 Å². The molecule has 262 valence electrons. The fourth-order valence-electron chi connectivity index (χ4n) is 8.66. The number of furan rings is 1. The van der Waals surface area contributed by atoms with E-state index in [0.717, 1.165) is 50.0 Å². The maximum atomic E-state index is 6.66. The Labute approximate surface area is 325 Å². The normalized spacial score (nSPS) is 11.6. The lowest BCUT2D eigenvalue weighted by atomic mass is 9.84. The Morgan fingerprint density at radius 1 is 0.286 bits per heavy atom. The van der Waals surface area contributed by atoms with Crippen molar-refractivity contribution in [1.29, 1.82) is 0 Å². The van der Waals surface area contributed by atoms with E-state index in [4.69, 9.17) is 4.42 Å². The maximum Gasteiger partial charge on any atom is 0.143 e. The van der Waals surface area contributed by atoms with Crippen LogP contribution >= 0.6 is 0 Å². The summed E-state index contributed by atoms with van der Waals surface area (Å²) in [7, 11) is 0. The van der Waals surface area contributed by atoms with Crippen LogP contribution < -0.4 is 4.90 Å². The second-order valence-corrected chi connectivity index (χ2v) is 14.5. The average molecular weight is 714 g/mol. The molecule has 10 aromatic carbocycles. The number of hydrogen-bond donors (Lipinski definition) is 0. The van der Waals surface area contributed by atoms with Gasteiger partial charge in [-0.1, -0.05) is 158 Å². The van der Waals surface area contributed by atoms with Crippen molar-refractivity contribution in [3.05, 3.63) is 212 Å². The Bertz CT molecular complexity index is 3240. The molecule has 0 spiro atoms. The van der Waals surface area contributed by atoms with Gasteiger partial charge in [0.25, 0.3) is 0 Å². The topological polar surface area (TPSA) is 16.4 Å². The van der Waals surface area contributed by atoms with Crippen molar-refractivity contribution in [3.8, 4) is 33.4 Å². The molecule has 2 heteroatoms. The van der Waals surface area contributed by atoms with Gasteiger partial charge in [-0.3, -0.25) is 0 Å². The standard InChI is InChI=1S/C54H35NO/c1-4-16-37(17-5-1)52-48-26-13-12-25-45(48)46-30-28-40(34-50(46)53(52)38-18-6-2-7-19-38)39-20-14-23-42(33-39)55(41-21-8-3-9-22-41)43-29-32-47-49-31-27-36-15-10-11-24-44(36)54(49)56-51(47)35-43/h1-35H. The minimum atomic E-state index is 0.871. The van der Waals surface area contributed by atoms with E-state index in [0.29, 0.717) is 0 Å². The van der Waals surface area contributed by atoms with Crippen LogP contribution in [-0.4, -0.2) is 0 Å². The van der Waals surface area contributed by atoms with Crippen molar-refractivity contribution in [2.75, 3.05) is 4.90 Å². The number of rotatable bonds is 6. The van der Waals surface area contributed by atoms with E-state index in [1.807, 2.05) is 0 Å². The van der Waals surface area contributed by atoms with E-state index in [9.17, 15) is 0 Å². The van der Waals surface area contributed by atoms with Gasteiger partial charge in [0.05, 0.1) is 0 Å². The van der Waals surface area contributed by atoms with Crippen molar-refractivity contribution < 1.29 is 4.42 Å². The first-order valence-electron chi connectivity index (χ1n) is 19.2. The number of benzene rings is 10. The minimum absolute atomic E-state index is 0.871. The first-order valence-corrected chi connectivity index (χ1v) is 19.2. The quantitative estimate of drug-likeness (QED) is 0.160. The number of fused-ring (bicyclic) bond motifs is 8. The molecule has 0 fully saturated rings. The van der Waals surface area contributed by atoms with Gasteiger partial charge >= 0.3 is 0 Å². The molecule has 0 saturated carbocycles. The van der Waals surface area contributed by atoms with Crippen molar-refractivity contribution in [2.45, 2.75) is 0 Å². The highest BCUT2D eigenvalue weighted by Crippen LogP contribution is 2.46. The van der Waals surface area contributed by atoms with Crippen molar-refractivity contribution in [1.82, 2.24) is 0 Å². The molecule has 0 aliphatic carbocycles. The Kier molecular flexibility index (Phi) is 7.53. The molecule has 0 aliphatic heterocycles. The first-order chi connectivity index (χ1) is 27.8. The largest absolute Gasteiger partial charge is 0.455 e. The van der Waals surface area contributed by atoms with Crippen molar-refractivity contribution in [2.24, 2.45) is 0 Å². The highest BCUT2D eigenvalue weighted by molar-refractivity contribution is 6.22. The van der Waals surface area contributed by atoms with E-state index >= 15 is 0 Å². The highest BCUT2D eigenvalue weighted by Gasteiger charge is 2.20. The average Bonchev–Trinajstić information content (AvgIpc) is 3.65. The van der Waals surface area contributed by atoms with Crippen LogP contribution in [0.5, 0.6) is 0 Å². The van der Waals surface area contributed by atoms with Gasteiger partial charge in [-0.25, -0.2) is 0 Å². The van der Waals surface area contributed by atoms with E-state index in [-0.39, 0.29) is 0 Å². The molecule has 11 aromatic rings. The third-order valence-electron chi connectivity index (χ3n) is 11.2. The number of nitrogens with zero attached hydrogens (tertiary/aromatic N) is 1. The Morgan fingerprint density at radius 3 is 1.59 bits per heavy atom. The van der Waals surface area contributed by atoms with Gasteiger partial charge in [0, 0.05) is 39.3 Å². The summed E-state index contributed by atoms with van der Waals surface area (Å²) in [5, 5.41) is 9.55. The van der Waals surface area contributed by atoms with Crippen LogP contribution in [0.3, 0.4) is 0 Å². The van der Waals surface area contributed by atoms with Crippen LogP contribution in [0.25, 0.3) is 87.6 Å². The molecule has 56 heavy (non-hydrogen) atoms. The van der Waals surface area contributed by atoms with E-state index in [1.54, 1.807) is 0 Å². The maximum absolute atomic E-state index is 6.66. The van der Waals surface area contributed by atoms with Gasteiger partial charge in [0.1, 0.15) is 11.2 Å². The zero-order chi connectivity index (χ0) is 37.0. The van der Waals surface area contributed by atoms with Gasteiger partial charge in [0.2, 0.25) is 0 Å². The molecule has 1 heterocycles. The molecule has 0 N–H and O–H groups in total. The van der Waals surface area contributed by atoms with Crippen LogP contribution in [0.1, 0.15) is 0 Å².